The molecule has 1 N–H and O–H groups in total. The van der Waals surface area contributed by atoms with Crippen molar-refractivity contribution < 1.29 is 9.53 Å². The van der Waals surface area contributed by atoms with Gasteiger partial charge in [-0.15, -0.1) is 0 Å². The number of nitrogens with one attached hydrogen (secondary N) is 1. The maximum absolute atomic E-state index is 12.5. The fraction of sp³-hybridized carbons (Fsp3) is 0.900. The molecule has 6 heteroatoms. The summed E-state index contributed by atoms with van der Waals surface area (Å²) in [7, 11) is 0. The van der Waals surface area contributed by atoms with Crippen LogP contribution in [-0.4, -0.2) is 73.6 Å². The summed E-state index contributed by atoms with van der Waals surface area (Å²) >= 11 is 0. The van der Waals surface area contributed by atoms with Crippen LogP contribution < -0.4 is 5.32 Å². The van der Waals surface area contributed by atoms with Crippen LogP contribution in [0.5, 0.6) is 0 Å². The van der Waals surface area contributed by atoms with Crippen LogP contribution in [0.15, 0.2) is 4.99 Å². The van der Waals surface area contributed by atoms with Crippen molar-refractivity contribution in [2.24, 2.45) is 10.9 Å². The molecule has 3 aliphatic rings. The summed E-state index contributed by atoms with van der Waals surface area (Å²) in [5.74, 6) is 2.07. The number of carbonyl (C=O) groups is 1. The molecule has 1 unspecified atom stereocenters. The van der Waals surface area contributed by atoms with Crippen LogP contribution >= 0.6 is 0 Å². The predicted molar refractivity (Wildman–Crippen MR) is 104 cm³/mol. The van der Waals surface area contributed by atoms with E-state index in [0.717, 1.165) is 70.6 Å². The van der Waals surface area contributed by atoms with Crippen molar-refractivity contribution in [3.05, 3.63) is 0 Å². The normalized spacial score (nSPS) is 25.6. The van der Waals surface area contributed by atoms with Gasteiger partial charge in [-0.05, 0) is 32.1 Å². The molecular formula is C20H36N4O2. The SMILES string of the molecule is CCNC(=NCCC1CCCCC1)N1CCN(C(=O)C2CCCO2)CC1. The fourth-order valence-electron chi connectivity index (χ4n) is 4.37. The first-order valence-corrected chi connectivity index (χ1v) is 10.7. The van der Waals surface area contributed by atoms with E-state index in [1.807, 2.05) is 4.90 Å². The van der Waals surface area contributed by atoms with Gasteiger partial charge in [0.1, 0.15) is 6.10 Å². The molecule has 0 aromatic heterocycles. The Labute approximate surface area is 158 Å². The minimum absolute atomic E-state index is 0.182. The van der Waals surface area contributed by atoms with Crippen LogP contribution in [0.2, 0.25) is 0 Å². The number of guanidine groups is 1. The molecule has 0 bridgehead atoms. The number of piperazine rings is 1. The topological polar surface area (TPSA) is 57.2 Å². The van der Waals surface area contributed by atoms with E-state index >= 15 is 0 Å². The van der Waals surface area contributed by atoms with Crippen LogP contribution in [-0.2, 0) is 9.53 Å². The van der Waals surface area contributed by atoms with Gasteiger partial charge in [0.2, 0.25) is 0 Å². The molecule has 2 saturated heterocycles. The van der Waals surface area contributed by atoms with E-state index in [-0.39, 0.29) is 12.0 Å². The highest BCUT2D eigenvalue weighted by molar-refractivity contribution is 5.82. The first-order valence-electron chi connectivity index (χ1n) is 10.7. The lowest BCUT2D eigenvalue weighted by Gasteiger charge is -2.37. The number of hydrogen-bond donors (Lipinski definition) is 1. The molecule has 2 heterocycles. The Hall–Kier alpha value is -1.30. The number of ether oxygens (including phenoxy) is 1. The van der Waals surface area contributed by atoms with Gasteiger partial charge in [-0.25, -0.2) is 0 Å². The molecule has 1 amide bonds. The summed E-state index contributed by atoms with van der Waals surface area (Å²) in [6.07, 6.45) is 9.89. The lowest BCUT2D eigenvalue weighted by Crippen LogP contribution is -2.55. The lowest BCUT2D eigenvalue weighted by molar-refractivity contribution is -0.142. The standard InChI is InChI=1S/C20H36N4O2/c1-2-21-20(22-11-10-17-7-4-3-5-8-17)24-14-12-23(13-15-24)19(25)18-9-6-16-26-18/h17-18H,2-16H2,1H3,(H,21,22). The van der Waals surface area contributed by atoms with Crippen LogP contribution in [0.1, 0.15) is 58.3 Å². The molecule has 26 heavy (non-hydrogen) atoms. The first-order chi connectivity index (χ1) is 12.8. The van der Waals surface area contributed by atoms with E-state index in [9.17, 15) is 4.79 Å². The average molecular weight is 365 g/mol. The van der Waals surface area contributed by atoms with Crippen molar-refractivity contribution >= 4 is 11.9 Å². The Morgan fingerprint density at radius 1 is 1.04 bits per heavy atom. The zero-order chi connectivity index (χ0) is 18.2. The van der Waals surface area contributed by atoms with Gasteiger partial charge >= 0.3 is 0 Å². The average Bonchev–Trinajstić information content (AvgIpc) is 3.23. The molecular weight excluding hydrogens is 328 g/mol. The summed E-state index contributed by atoms with van der Waals surface area (Å²) in [6.45, 7) is 7.90. The van der Waals surface area contributed by atoms with Gasteiger partial charge in [0.25, 0.3) is 5.91 Å². The molecule has 3 fully saturated rings. The zero-order valence-corrected chi connectivity index (χ0v) is 16.4. The van der Waals surface area contributed by atoms with Gasteiger partial charge in [-0.2, -0.15) is 0 Å². The quantitative estimate of drug-likeness (QED) is 0.600. The van der Waals surface area contributed by atoms with Crippen LogP contribution in [0.4, 0.5) is 0 Å². The molecule has 0 spiro atoms. The first kappa shape index (κ1) is 19.5. The number of aliphatic imine (C=N–C) groups is 1. The second-order valence-electron chi connectivity index (χ2n) is 7.84. The fourth-order valence-corrected chi connectivity index (χ4v) is 4.37. The number of amides is 1. The molecule has 3 rings (SSSR count). The molecule has 0 aromatic carbocycles. The molecule has 1 aliphatic carbocycles. The lowest BCUT2D eigenvalue weighted by atomic mass is 9.87. The molecule has 0 radical (unpaired) electrons. The third-order valence-electron chi connectivity index (χ3n) is 5.95. The zero-order valence-electron chi connectivity index (χ0n) is 16.4. The van der Waals surface area contributed by atoms with Gasteiger partial charge in [0.15, 0.2) is 5.96 Å². The number of rotatable bonds is 5. The largest absolute Gasteiger partial charge is 0.368 e. The Bertz CT molecular complexity index is 462. The highest BCUT2D eigenvalue weighted by Gasteiger charge is 2.30. The van der Waals surface area contributed by atoms with E-state index in [0.29, 0.717) is 0 Å². The summed E-state index contributed by atoms with van der Waals surface area (Å²) in [5, 5.41) is 3.44. The van der Waals surface area contributed by atoms with Crippen LogP contribution in [0.25, 0.3) is 0 Å². The minimum atomic E-state index is -0.195. The van der Waals surface area contributed by atoms with Crippen molar-refractivity contribution in [2.45, 2.75) is 64.4 Å². The van der Waals surface area contributed by atoms with E-state index in [1.165, 1.54) is 38.5 Å². The van der Waals surface area contributed by atoms with Gasteiger partial charge in [0.05, 0.1) is 0 Å². The Balaban J connectivity index is 1.46. The maximum Gasteiger partial charge on any atom is 0.251 e. The number of nitrogens with zero attached hydrogens (tertiary/aromatic N) is 3. The molecule has 1 atom stereocenters. The Morgan fingerprint density at radius 3 is 2.42 bits per heavy atom. The Kier molecular flexibility index (Phi) is 7.59. The van der Waals surface area contributed by atoms with Crippen LogP contribution in [0, 0.1) is 5.92 Å². The highest BCUT2D eigenvalue weighted by atomic mass is 16.5. The summed E-state index contributed by atoms with van der Waals surface area (Å²) in [5.41, 5.74) is 0. The second-order valence-corrected chi connectivity index (χ2v) is 7.84. The van der Waals surface area contributed by atoms with Gasteiger partial charge in [-0.3, -0.25) is 9.79 Å². The third-order valence-corrected chi connectivity index (χ3v) is 5.95. The van der Waals surface area contributed by atoms with Gasteiger partial charge in [0, 0.05) is 45.9 Å². The molecule has 148 valence electrons. The molecule has 6 nitrogen and oxygen atoms in total. The second kappa shape index (κ2) is 10.1. The highest BCUT2D eigenvalue weighted by Crippen LogP contribution is 2.26. The summed E-state index contributed by atoms with van der Waals surface area (Å²) in [6, 6.07) is 0. The Morgan fingerprint density at radius 2 is 1.77 bits per heavy atom. The molecule has 2 aliphatic heterocycles. The summed E-state index contributed by atoms with van der Waals surface area (Å²) < 4.78 is 5.55. The smallest absolute Gasteiger partial charge is 0.251 e. The van der Waals surface area contributed by atoms with Crippen molar-refractivity contribution in [3.63, 3.8) is 0 Å². The summed E-state index contributed by atoms with van der Waals surface area (Å²) in [4.78, 5) is 21.6. The van der Waals surface area contributed by atoms with E-state index < -0.39 is 0 Å². The van der Waals surface area contributed by atoms with Crippen molar-refractivity contribution in [1.82, 2.24) is 15.1 Å². The molecule has 0 aromatic rings. The van der Waals surface area contributed by atoms with Crippen LogP contribution in [0.3, 0.4) is 0 Å². The monoisotopic (exact) mass is 364 g/mol. The van der Waals surface area contributed by atoms with E-state index in [2.05, 4.69) is 17.1 Å². The predicted octanol–water partition coefficient (Wildman–Crippen LogP) is 2.25. The van der Waals surface area contributed by atoms with E-state index in [1.54, 1.807) is 0 Å². The number of hydrogen-bond acceptors (Lipinski definition) is 3. The maximum atomic E-state index is 12.5. The van der Waals surface area contributed by atoms with Gasteiger partial charge in [-0.1, -0.05) is 32.1 Å². The van der Waals surface area contributed by atoms with Crippen molar-refractivity contribution in [1.29, 1.82) is 0 Å². The third kappa shape index (κ3) is 5.35. The van der Waals surface area contributed by atoms with Gasteiger partial charge < -0.3 is 19.9 Å². The number of carbonyl (C=O) groups excluding carboxylic acids is 1. The van der Waals surface area contributed by atoms with Crippen molar-refractivity contribution in [3.8, 4) is 0 Å². The molecule has 1 saturated carbocycles. The van der Waals surface area contributed by atoms with Crippen molar-refractivity contribution in [2.75, 3.05) is 45.9 Å². The van der Waals surface area contributed by atoms with E-state index in [4.69, 9.17) is 9.73 Å². The minimum Gasteiger partial charge on any atom is -0.368 e.